The quantitative estimate of drug-likeness (QED) is 0.431. The number of nitrogens with zero attached hydrogens (tertiary/aromatic N) is 2. The summed E-state index contributed by atoms with van der Waals surface area (Å²) in [6.07, 6.45) is 3.64. The molecule has 3 amide bonds. The molecule has 0 radical (unpaired) electrons. The highest BCUT2D eigenvalue weighted by Crippen LogP contribution is 2.27. The fourth-order valence-electron chi connectivity index (χ4n) is 3.55. The van der Waals surface area contributed by atoms with Gasteiger partial charge in [0, 0.05) is 31.4 Å². The summed E-state index contributed by atoms with van der Waals surface area (Å²) in [5.41, 5.74) is 0.936. The molecule has 0 unspecified atom stereocenters. The number of pyridine rings is 1. The number of amides is 3. The van der Waals surface area contributed by atoms with E-state index >= 15 is 0 Å². The molecule has 1 saturated heterocycles. The van der Waals surface area contributed by atoms with Crippen LogP contribution < -0.4 is 20.7 Å². The van der Waals surface area contributed by atoms with Crippen molar-refractivity contribution in [3.63, 3.8) is 0 Å². The highest BCUT2D eigenvalue weighted by atomic mass is 32.1. The predicted octanol–water partition coefficient (Wildman–Crippen LogP) is 4.70. The second-order valence-corrected chi connectivity index (χ2v) is 8.32. The molecular weight excluding hydrogens is 469 g/mol. The van der Waals surface area contributed by atoms with Gasteiger partial charge in [0.1, 0.15) is 23.1 Å². The number of halogens is 1. The summed E-state index contributed by atoms with van der Waals surface area (Å²) in [7, 11) is 0. The van der Waals surface area contributed by atoms with Gasteiger partial charge in [-0.3, -0.25) is 10.1 Å². The van der Waals surface area contributed by atoms with Crippen LogP contribution >= 0.6 is 12.2 Å². The summed E-state index contributed by atoms with van der Waals surface area (Å²) >= 11 is 5.13. The largest absolute Gasteiger partial charge is 0.457 e. The van der Waals surface area contributed by atoms with E-state index in [1.54, 1.807) is 23.1 Å². The number of hydrogen-bond acceptors (Lipinski definition) is 5. The molecule has 2 heterocycles. The predicted molar refractivity (Wildman–Crippen MR) is 135 cm³/mol. The number of carbonyl (C=O) groups is 2. The molecule has 1 aliphatic heterocycles. The van der Waals surface area contributed by atoms with E-state index in [9.17, 15) is 14.0 Å². The molecule has 10 heteroatoms. The maximum atomic E-state index is 14.6. The van der Waals surface area contributed by atoms with Gasteiger partial charge in [-0.25, -0.2) is 14.2 Å². The van der Waals surface area contributed by atoms with E-state index in [4.69, 9.17) is 17.0 Å². The Morgan fingerprint density at radius 2 is 1.74 bits per heavy atom. The Morgan fingerprint density at radius 3 is 2.49 bits per heavy atom. The molecule has 35 heavy (non-hydrogen) atoms. The van der Waals surface area contributed by atoms with Crippen molar-refractivity contribution in [1.29, 1.82) is 0 Å². The number of carbonyl (C=O) groups excluding carboxylic acids is 2. The molecule has 0 spiro atoms. The molecule has 0 aliphatic carbocycles. The maximum Gasteiger partial charge on any atom is 0.323 e. The van der Waals surface area contributed by atoms with Crippen molar-refractivity contribution in [3.8, 4) is 11.5 Å². The number of likely N-dealkylation sites (tertiary alicyclic amines) is 1. The summed E-state index contributed by atoms with van der Waals surface area (Å²) in [6, 6.07) is 16.4. The zero-order valence-electron chi connectivity index (χ0n) is 18.8. The second-order valence-electron chi connectivity index (χ2n) is 7.91. The van der Waals surface area contributed by atoms with Crippen molar-refractivity contribution in [2.45, 2.75) is 19.3 Å². The second kappa shape index (κ2) is 11.4. The molecule has 3 N–H and O–H groups in total. The van der Waals surface area contributed by atoms with Gasteiger partial charge in [0.2, 0.25) is 5.91 Å². The van der Waals surface area contributed by atoms with Gasteiger partial charge in [-0.15, -0.1) is 0 Å². The third kappa shape index (κ3) is 6.97. The van der Waals surface area contributed by atoms with Crippen molar-refractivity contribution >= 4 is 40.8 Å². The number of aromatic nitrogens is 1. The van der Waals surface area contributed by atoms with Gasteiger partial charge in [0.25, 0.3) is 0 Å². The molecule has 4 rings (SSSR count). The smallest absolute Gasteiger partial charge is 0.323 e. The van der Waals surface area contributed by atoms with Gasteiger partial charge in [-0.1, -0.05) is 30.3 Å². The lowest BCUT2D eigenvalue weighted by atomic mass is 10.1. The first-order chi connectivity index (χ1) is 17.0. The highest BCUT2D eigenvalue weighted by Gasteiger charge is 2.18. The minimum Gasteiger partial charge on any atom is -0.457 e. The van der Waals surface area contributed by atoms with Crippen LogP contribution in [0.4, 0.5) is 20.7 Å². The van der Waals surface area contributed by atoms with Gasteiger partial charge >= 0.3 is 6.03 Å². The standard InChI is InChI=1S/C25H24FN5O3S/c26-20-15-18(34-19-10-11-27-22(16-19)29-25(33)31-12-4-5-13-31)8-9-21(20)28-24(35)30-23(32)14-17-6-2-1-3-7-17/h1-3,6-11,15-16H,4-5,12-14H2,(H,27,29,33)(H2,28,30,32,35). The van der Waals surface area contributed by atoms with Gasteiger partial charge in [-0.05, 0) is 48.8 Å². The number of benzene rings is 2. The van der Waals surface area contributed by atoms with Crippen molar-refractivity contribution in [3.05, 3.63) is 78.2 Å². The molecular formula is C25H24FN5O3S. The van der Waals surface area contributed by atoms with E-state index in [2.05, 4.69) is 20.9 Å². The van der Waals surface area contributed by atoms with E-state index in [1.165, 1.54) is 18.3 Å². The Hall–Kier alpha value is -4.05. The number of nitrogens with one attached hydrogen (secondary N) is 3. The zero-order chi connectivity index (χ0) is 24.6. The van der Waals surface area contributed by atoms with E-state index < -0.39 is 5.82 Å². The molecule has 0 saturated carbocycles. The number of ether oxygens (including phenoxy) is 1. The van der Waals surface area contributed by atoms with Crippen LogP contribution in [0.5, 0.6) is 11.5 Å². The molecule has 1 fully saturated rings. The summed E-state index contributed by atoms with van der Waals surface area (Å²) < 4.78 is 20.4. The Kier molecular flexibility index (Phi) is 7.84. The minimum absolute atomic E-state index is 0.00832. The molecule has 1 aromatic heterocycles. The maximum absolute atomic E-state index is 14.6. The number of urea groups is 1. The molecule has 1 aliphatic rings. The SMILES string of the molecule is O=C(Cc1ccccc1)NC(=S)Nc1ccc(Oc2ccnc(NC(=O)N3CCCC3)c2)cc1F. The number of anilines is 2. The van der Waals surface area contributed by atoms with Crippen LogP contribution in [-0.4, -0.2) is 40.0 Å². The van der Waals surface area contributed by atoms with Crippen molar-refractivity contribution in [2.75, 3.05) is 23.7 Å². The lowest BCUT2D eigenvalue weighted by Crippen LogP contribution is -2.35. The Labute approximate surface area is 207 Å². The first kappa shape index (κ1) is 24.1. The van der Waals surface area contributed by atoms with Crippen LogP contribution in [0.1, 0.15) is 18.4 Å². The fourth-order valence-corrected chi connectivity index (χ4v) is 3.78. The summed E-state index contributed by atoms with van der Waals surface area (Å²) in [5.74, 6) is 0.0588. The van der Waals surface area contributed by atoms with Crippen LogP contribution in [0, 0.1) is 5.82 Å². The van der Waals surface area contributed by atoms with E-state index in [-0.39, 0.29) is 34.9 Å². The molecule has 0 bridgehead atoms. The zero-order valence-corrected chi connectivity index (χ0v) is 19.6. The lowest BCUT2D eigenvalue weighted by Gasteiger charge is -2.16. The van der Waals surface area contributed by atoms with E-state index in [1.807, 2.05) is 30.3 Å². The highest BCUT2D eigenvalue weighted by molar-refractivity contribution is 7.80. The Balaban J connectivity index is 1.32. The van der Waals surface area contributed by atoms with Gasteiger partial charge < -0.3 is 20.3 Å². The Bertz CT molecular complexity index is 1220. The summed E-state index contributed by atoms with van der Waals surface area (Å²) in [4.78, 5) is 30.3. The van der Waals surface area contributed by atoms with Crippen LogP contribution in [0.3, 0.4) is 0 Å². The molecule has 2 aromatic carbocycles. The molecule has 180 valence electrons. The van der Waals surface area contributed by atoms with Crippen molar-refractivity contribution in [2.24, 2.45) is 0 Å². The van der Waals surface area contributed by atoms with Crippen LogP contribution in [0.25, 0.3) is 0 Å². The van der Waals surface area contributed by atoms with E-state index in [0.717, 1.165) is 31.5 Å². The topological polar surface area (TPSA) is 95.6 Å². The van der Waals surface area contributed by atoms with Gasteiger partial charge in [-0.2, -0.15) is 0 Å². The third-order valence-electron chi connectivity index (χ3n) is 5.24. The monoisotopic (exact) mass is 493 g/mol. The average Bonchev–Trinajstić information content (AvgIpc) is 3.37. The normalized spacial score (nSPS) is 12.7. The summed E-state index contributed by atoms with van der Waals surface area (Å²) in [5, 5.41) is 7.96. The first-order valence-corrected chi connectivity index (χ1v) is 11.5. The van der Waals surface area contributed by atoms with Crippen LogP contribution in [0.2, 0.25) is 0 Å². The molecule has 3 aromatic rings. The minimum atomic E-state index is -0.612. The Morgan fingerprint density at radius 1 is 1.00 bits per heavy atom. The van der Waals surface area contributed by atoms with Crippen molar-refractivity contribution < 1.29 is 18.7 Å². The number of hydrogen-bond donors (Lipinski definition) is 3. The van der Waals surface area contributed by atoms with Crippen LogP contribution in [0.15, 0.2) is 66.9 Å². The van der Waals surface area contributed by atoms with Gasteiger partial charge in [0.15, 0.2) is 5.11 Å². The lowest BCUT2D eigenvalue weighted by molar-refractivity contribution is -0.119. The fraction of sp³-hybridized carbons (Fsp3) is 0.200. The van der Waals surface area contributed by atoms with E-state index in [0.29, 0.717) is 11.6 Å². The first-order valence-electron chi connectivity index (χ1n) is 11.1. The summed E-state index contributed by atoms with van der Waals surface area (Å²) in [6.45, 7) is 1.45. The molecule has 8 nitrogen and oxygen atoms in total. The third-order valence-corrected chi connectivity index (χ3v) is 5.45. The molecule has 0 atom stereocenters. The van der Waals surface area contributed by atoms with Crippen molar-refractivity contribution in [1.82, 2.24) is 15.2 Å². The van der Waals surface area contributed by atoms with Gasteiger partial charge in [0.05, 0.1) is 12.1 Å². The number of rotatable bonds is 6. The number of thiocarbonyl (C=S) groups is 1. The van der Waals surface area contributed by atoms with Crippen LogP contribution in [-0.2, 0) is 11.2 Å². The average molecular weight is 494 g/mol.